The first-order valence-corrected chi connectivity index (χ1v) is 6.91. The first kappa shape index (κ1) is 16.9. The number of aliphatic hydroxyl groups is 1. The van der Waals surface area contributed by atoms with Crippen LogP contribution in [0.15, 0.2) is 6.20 Å². The summed E-state index contributed by atoms with van der Waals surface area (Å²) in [6.07, 6.45) is 1.69. The van der Waals surface area contributed by atoms with Gasteiger partial charge in [-0.3, -0.25) is 4.68 Å². The second kappa shape index (κ2) is 8.24. The first-order valence-electron chi connectivity index (χ1n) is 6.91. The zero-order valence-corrected chi connectivity index (χ0v) is 13.2. The van der Waals surface area contributed by atoms with Crippen molar-refractivity contribution in [3.63, 3.8) is 0 Å². The van der Waals surface area contributed by atoms with Crippen molar-refractivity contribution < 1.29 is 14.6 Å². The van der Waals surface area contributed by atoms with Gasteiger partial charge < -0.3 is 19.5 Å². The van der Waals surface area contributed by atoms with Crippen molar-refractivity contribution in [2.75, 3.05) is 41.5 Å². The molecule has 1 aromatic rings. The highest BCUT2D eigenvalue weighted by atomic mass is 16.5. The first-order chi connectivity index (χ1) is 9.49. The molecule has 1 N–H and O–H groups in total. The molecule has 6 heteroatoms. The van der Waals surface area contributed by atoms with Gasteiger partial charge >= 0.3 is 0 Å². The minimum absolute atomic E-state index is 0.275. The number of methoxy groups -OCH3 is 2. The lowest BCUT2D eigenvalue weighted by Gasteiger charge is -2.19. The van der Waals surface area contributed by atoms with Crippen molar-refractivity contribution in [1.29, 1.82) is 0 Å². The topological polar surface area (TPSA) is 59.8 Å². The van der Waals surface area contributed by atoms with Gasteiger partial charge in [0.1, 0.15) is 5.69 Å². The van der Waals surface area contributed by atoms with Crippen LogP contribution >= 0.6 is 0 Å². The maximum Gasteiger partial charge on any atom is 0.162 e. The van der Waals surface area contributed by atoms with Gasteiger partial charge in [-0.1, -0.05) is 6.92 Å². The molecule has 1 rings (SSSR count). The summed E-state index contributed by atoms with van der Waals surface area (Å²) in [7, 11) is 7.29. The second-order valence-corrected chi connectivity index (χ2v) is 5.44. The summed E-state index contributed by atoms with van der Waals surface area (Å²) in [4.78, 5) is 2.08. The van der Waals surface area contributed by atoms with Crippen molar-refractivity contribution in [3.05, 3.63) is 11.9 Å². The molecule has 0 saturated heterocycles. The molecule has 116 valence electrons. The van der Waals surface area contributed by atoms with Crippen LogP contribution < -0.4 is 4.74 Å². The SMILES string of the molecule is COCC(C)CC(O)c1c(OC)cnn1CCN(C)C. The number of hydrogen-bond donors (Lipinski definition) is 1. The normalized spacial score (nSPS) is 14.6. The van der Waals surface area contributed by atoms with E-state index in [1.807, 2.05) is 18.8 Å². The summed E-state index contributed by atoms with van der Waals surface area (Å²) in [5.41, 5.74) is 0.748. The Morgan fingerprint density at radius 2 is 2.10 bits per heavy atom. The van der Waals surface area contributed by atoms with Crippen molar-refractivity contribution in [1.82, 2.24) is 14.7 Å². The number of likely N-dealkylation sites (N-methyl/N-ethyl adjacent to an activating group) is 1. The molecule has 1 heterocycles. The molecule has 0 aromatic carbocycles. The van der Waals surface area contributed by atoms with Gasteiger partial charge in [-0.25, -0.2) is 0 Å². The van der Waals surface area contributed by atoms with E-state index in [2.05, 4.69) is 16.9 Å². The lowest BCUT2D eigenvalue weighted by atomic mass is 10.0. The molecular formula is C14H27N3O3. The summed E-state index contributed by atoms with van der Waals surface area (Å²) >= 11 is 0. The van der Waals surface area contributed by atoms with Gasteiger partial charge in [-0.05, 0) is 26.4 Å². The van der Waals surface area contributed by atoms with Crippen LogP contribution in [-0.4, -0.2) is 61.3 Å². The molecule has 2 atom stereocenters. The minimum atomic E-state index is -0.597. The maximum absolute atomic E-state index is 10.5. The highest BCUT2D eigenvalue weighted by Crippen LogP contribution is 2.29. The summed E-state index contributed by atoms with van der Waals surface area (Å²) in [6, 6.07) is 0. The molecule has 0 saturated carbocycles. The number of ether oxygens (including phenoxy) is 2. The zero-order valence-electron chi connectivity index (χ0n) is 13.2. The van der Waals surface area contributed by atoms with E-state index in [4.69, 9.17) is 9.47 Å². The summed E-state index contributed by atoms with van der Waals surface area (Å²) in [6.45, 7) is 4.27. The predicted octanol–water partition coefficient (Wildman–Crippen LogP) is 1.16. The molecule has 0 bridgehead atoms. The van der Waals surface area contributed by atoms with Crippen LogP contribution in [0.25, 0.3) is 0 Å². The van der Waals surface area contributed by atoms with Gasteiger partial charge in [0.15, 0.2) is 5.75 Å². The Morgan fingerprint density at radius 3 is 2.65 bits per heavy atom. The van der Waals surface area contributed by atoms with Crippen molar-refractivity contribution in [2.45, 2.75) is 26.0 Å². The van der Waals surface area contributed by atoms with E-state index in [0.29, 0.717) is 18.8 Å². The molecule has 0 spiro atoms. The Bertz CT molecular complexity index is 393. The van der Waals surface area contributed by atoms with Crippen LogP contribution in [0.1, 0.15) is 25.1 Å². The third-order valence-electron chi connectivity index (χ3n) is 3.22. The third kappa shape index (κ3) is 4.77. The maximum atomic E-state index is 10.5. The molecule has 0 amide bonds. The van der Waals surface area contributed by atoms with E-state index in [0.717, 1.165) is 18.8 Å². The van der Waals surface area contributed by atoms with Crippen LogP contribution in [0, 0.1) is 5.92 Å². The Labute approximate surface area is 121 Å². The number of rotatable bonds is 9. The van der Waals surface area contributed by atoms with E-state index >= 15 is 0 Å². The van der Waals surface area contributed by atoms with Gasteiger partial charge in [0.2, 0.25) is 0 Å². The molecule has 1 aromatic heterocycles. The van der Waals surface area contributed by atoms with E-state index in [1.54, 1.807) is 20.4 Å². The Hall–Kier alpha value is -1.11. The number of aromatic nitrogens is 2. The van der Waals surface area contributed by atoms with E-state index in [9.17, 15) is 5.11 Å². The number of hydrogen-bond acceptors (Lipinski definition) is 5. The summed E-state index contributed by atoms with van der Waals surface area (Å²) < 4.78 is 12.2. The molecular weight excluding hydrogens is 258 g/mol. The molecule has 2 unspecified atom stereocenters. The fourth-order valence-corrected chi connectivity index (χ4v) is 2.19. The quantitative estimate of drug-likeness (QED) is 0.738. The Kier molecular flexibility index (Phi) is 6.98. The summed E-state index contributed by atoms with van der Waals surface area (Å²) in [5.74, 6) is 0.915. The molecule has 0 aliphatic rings. The lowest BCUT2D eigenvalue weighted by molar-refractivity contribution is 0.0945. The molecule has 0 fully saturated rings. The average Bonchev–Trinajstić information content (AvgIpc) is 2.79. The van der Waals surface area contributed by atoms with E-state index in [-0.39, 0.29) is 5.92 Å². The largest absolute Gasteiger partial charge is 0.493 e. The van der Waals surface area contributed by atoms with Gasteiger partial charge in [0.25, 0.3) is 0 Å². The van der Waals surface area contributed by atoms with Gasteiger partial charge in [0.05, 0.1) is 26.0 Å². The molecule has 0 aliphatic carbocycles. The molecule has 20 heavy (non-hydrogen) atoms. The van der Waals surface area contributed by atoms with Crippen LogP contribution in [-0.2, 0) is 11.3 Å². The second-order valence-electron chi connectivity index (χ2n) is 5.44. The van der Waals surface area contributed by atoms with Crippen LogP contribution in [0.5, 0.6) is 5.75 Å². The number of nitrogens with zero attached hydrogens (tertiary/aromatic N) is 3. The van der Waals surface area contributed by atoms with Gasteiger partial charge in [-0.15, -0.1) is 0 Å². The molecule has 0 aliphatic heterocycles. The predicted molar refractivity (Wildman–Crippen MR) is 77.9 cm³/mol. The minimum Gasteiger partial charge on any atom is -0.493 e. The van der Waals surface area contributed by atoms with Crippen molar-refractivity contribution in [3.8, 4) is 5.75 Å². The van der Waals surface area contributed by atoms with Crippen molar-refractivity contribution >= 4 is 0 Å². The third-order valence-corrected chi connectivity index (χ3v) is 3.22. The summed E-state index contributed by atoms with van der Waals surface area (Å²) in [5, 5.41) is 14.8. The van der Waals surface area contributed by atoms with Gasteiger partial charge in [-0.2, -0.15) is 5.10 Å². The van der Waals surface area contributed by atoms with E-state index < -0.39 is 6.10 Å². The highest BCUT2D eigenvalue weighted by molar-refractivity contribution is 5.27. The van der Waals surface area contributed by atoms with E-state index in [1.165, 1.54) is 0 Å². The van der Waals surface area contributed by atoms with Crippen LogP contribution in [0.4, 0.5) is 0 Å². The van der Waals surface area contributed by atoms with Crippen LogP contribution in [0.3, 0.4) is 0 Å². The smallest absolute Gasteiger partial charge is 0.162 e. The lowest BCUT2D eigenvalue weighted by Crippen LogP contribution is -2.22. The fourth-order valence-electron chi connectivity index (χ4n) is 2.19. The zero-order chi connectivity index (χ0) is 15.1. The number of aliphatic hydroxyl groups excluding tert-OH is 1. The average molecular weight is 285 g/mol. The standard InChI is InChI=1S/C14H27N3O3/c1-11(10-19-4)8-12(18)14-13(20-5)9-15-17(14)7-6-16(2)3/h9,11-12,18H,6-8,10H2,1-5H3. The molecule has 6 nitrogen and oxygen atoms in total. The Morgan fingerprint density at radius 1 is 1.40 bits per heavy atom. The van der Waals surface area contributed by atoms with Crippen LogP contribution in [0.2, 0.25) is 0 Å². The van der Waals surface area contributed by atoms with Gasteiger partial charge in [0, 0.05) is 20.3 Å². The van der Waals surface area contributed by atoms with Crippen molar-refractivity contribution in [2.24, 2.45) is 5.92 Å². The molecule has 0 radical (unpaired) electrons. The Balaban J connectivity index is 2.81. The fraction of sp³-hybridized carbons (Fsp3) is 0.786. The highest BCUT2D eigenvalue weighted by Gasteiger charge is 2.22. The monoisotopic (exact) mass is 285 g/mol.